The van der Waals surface area contributed by atoms with Crippen molar-refractivity contribution >= 4 is 15.7 Å². The Morgan fingerprint density at radius 2 is 1.86 bits per heavy atom. The molecule has 0 saturated carbocycles. The highest BCUT2D eigenvalue weighted by Gasteiger charge is 2.20. The summed E-state index contributed by atoms with van der Waals surface area (Å²) in [6, 6.07) is 8.55. The zero-order chi connectivity index (χ0) is 15.6. The largest absolute Gasteiger partial charge is 0.392 e. The predicted octanol–water partition coefficient (Wildman–Crippen LogP) is 2.74. The van der Waals surface area contributed by atoms with Crippen molar-refractivity contribution in [2.45, 2.75) is 25.3 Å². The smallest absolute Gasteiger partial charge is 0.262 e. The number of benzene rings is 2. The molecule has 2 rings (SSSR count). The van der Waals surface area contributed by atoms with Crippen molar-refractivity contribution in [1.29, 1.82) is 0 Å². The third-order valence-electron chi connectivity index (χ3n) is 3.12. The molecule has 4 nitrogen and oxygen atoms in total. The van der Waals surface area contributed by atoms with Gasteiger partial charge in [-0.1, -0.05) is 23.8 Å². The molecule has 0 radical (unpaired) electrons. The Labute approximate surface area is 123 Å². The van der Waals surface area contributed by atoms with Gasteiger partial charge < -0.3 is 5.11 Å². The molecule has 0 aliphatic heterocycles. The first-order valence-corrected chi connectivity index (χ1v) is 7.81. The molecule has 0 amide bonds. The van der Waals surface area contributed by atoms with Gasteiger partial charge in [-0.2, -0.15) is 0 Å². The number of nitrogens with one attached hydrogen (secondary N) is 1. The van der Waals surface area contributed by atoms with Gasteiger partial charge in [0.25, 0.3) is 10.0 Å². The molecule has 112 valence electrons. The van der Waals surface area contributed by atoms with Crippen LogP contribution in [0.3, 0.4) is 0 Å². The lowest BCUT2D eigenvalue weighted by Crippen LogP contribution is -2.16. The fourth-order valence-corrected chi connectivity index (χ4v) is 3.41. The van der Waals surface area contributed by atoms with Gasteiger partial charge in [-0.3, -0.25) is 4.72 Å². The van der Waals surface area contributed by atoms with E-state index in [9.17, 15) is 17.9 Å². The highest BCUT2D eigenvalue weighted by atomic mass is 32.2. The Morgan fingerprint density at radius 1 is 1.14 bits per heavy atom. The van der Waals surface area contributed by atoms with Crippen molar-refractivity contribution < 1.29 is 17.9 Å². The molecule has 0 aliphatic carbocycles. The van der Waals surface area contributed by atoms with Crippen molar-refractivity contribution in [3.05, 3.63) is 58.9 Å². The summed E-state index contributed by atoms with van der Waals surface area (Å²) >= 11 is 0. The van der Waals surface area contributed by atoms with Crippen LogP contribution < -0.4 is 4.72 Å². The van der Waals surface area contributed by atoms with E-state index in [0.29, 0.717) is 5.69 Å². The maximum absolute atomic E-state index is 13.3. The van der Waals surface area contributed by atoms with Gasteiger partial charge in [0.1, 0.15) is 5.82 Å². The first-order valence-electron chi connectivity index (χ1n) is 6.33. The van der Waals surface area contributed by atoms with E-state index in [4.69, 9.17) is 0 Å². The normalized spacial score (nSPS) is 11.4. The number of rotatable bonds is 4. The van der Waals surface area contributed by atoms with E-state index in [1.165, 1.54) is 6.07 Å². The van der Waals surface area contributed by atoms with Gasteiger partial charge in [-0.25, -0.2) is 12.8 Å². The molecule has 6 heteroatoms. The molecule has 0 aromatic heterocycles. The van der Waals surface area contributed by atoms with E-state index >= 15 is 0 Å². The number of aryl methyl sites for hydroxylation is 2. The summed E-state index contributed by atoms with van der Waals surface area (Å²) < 4.78 is 40.5. The Hall–Kier alpha value is -1.92. The van der Waals surface area contributed by atoms with E-state index in [0.717, 1.165) is 23.3 Å². The number of hydrogen-bond donors (Lipinski definition) is 2. The average molecular weight is 309 g/mol. The number of anilines is 1. The van der Waals surface area contributed by atoms with Crippen molar-refractivity contribution in [1.82, 2.24) is 0 Å². The molecule has 0 fully saturated rings. The maximum Gasteiger partial charge on any atom is 0.262 e. The summed E-state index contributed by atoms with van der Waals surface area (Å²) in [5.74, 6) is -0.673. The SMILES string of the molecule is Cc1ccc(NS(=O)(=O)c2cc(F)ccc2CO)c(C)c1. The first-order chi connectivity index (χ1) is 9.83. The lowest BCUT2D eigenvalue weighted by Gasteiger charge is -2.13. The Balaban J connectivity index is 2.45. The van der Waals surface area contributed by atoms with E-state index in [1.807, 2.05) is 13.0 Å². The summed E-state index contributed by atoms with van der Waals surface area (Å²) in [5, 5.41) is 9.22. The lowest BCUT2D eigenvalue weighted by atomic mass is 10.1. The summed E-state index contributed by atoms with van der Waals surface area (Å²) in [7, 11) is -3.96. The summed E-state index contributed by atoms with van der Waals surface area (Å²) in [6.45, 7) is 3.20. The summed E-state index contributed by atoms with van der Waals surface area (Å²) in [4.78, 5) is -0.259. The molecule has 0 bridgehead atoms. The minimum absolute atomic E-state index is 0.147. The molecule has 0 aliphatic rings. The van der Waals surface area contributed by atoms with Crippen molar-refractivity contribution in [3.63, 3.8) is 0 Å². The van der Waals surface area contributed by atoms with Gasteiger partial charge in [0.05, 0.1) is 17.2 Å². The number of aliphatic hydroxyl groups excluding tert-OH is 1. The average Bonchev–Trinajstić information content (AvgIpc) is 2.42. The van der Waals surface area contributed by atoms with Crippen LogP contribution in [0.25, 0.3) is 0 Å². The van der Waals surface area contributed by atoms with E-state index in [-0.39, 0.29) is 10.5 Å². The molecule has 21 heavy (non-hydrogen) atoms. The second-order valence-corrected chi connectivity index (χ2v) is 6.48. The van der Waals surface area contributed by atoms with E-state index < -0.39 is 22.4 Å². The van der Waals surface area contributed by atoms with Crippen LogP contribution in [0, 0.1) is 19.7 Å². The Kier molecular flexibility index (Phi) is 4.29. The molecule has 0 atom stereocenters. The monoisotopic (exact) mass is 309 g/mol. The Morgan fingerprint density at radius 3 is 2.48 bits per heavy atom. The number of sulfonamides is 1. The molecule has 0 heterocycles. The van der Waals surface area contributed by atoms with Gasteiger partial charge in [0.2, 0.25) is 0 Å². The molecule has 0 unspecified atom stereocenters. The lowest BCUT2D eigenvalue weighted by molar-refractivity contribution is 0.278. The topological polar surface area (TPSA) is 66.4 Å². The van der Waals surface area contributed by atoms with E-state index in [2.05, 4.69) is 4.72 Å². The third kappa shape index (κ3) is 3.40. The van der Waals surface area contributed by atoms with E-state index in [1.54, 1.807) is 19.1 Å². The van der Waals surface area contributed by atoms with Crippen LogP contribution in [0.15, 0.2) is 41.3 Å². The summed E-state index contributed by atoms with van der Waals surface area (Å²) in [5.41, 5.74) is 2.35. The molecule has 0 spiro atoms. The highest BCUT2D eigenvalue weighted by molar-refractivity contribution is 7.92. The molecule has 0 saturated heterocycles. The third-order valence-corrected chi connectivity index (χ3v) is 4.56. The maximum atomic E-state index is 13.3. The van der Waals surface area contributed by atoms with Crippen LogP contribution >= 0.6 is 0 Å². The molecule has 2 N–H and O–H groups in total. The molecular weight excluding hydrogens is 293 g/mol. The van der Waals surface area contributed by atoms with Crippen LogP contribution in [0.2, 0.25) is 0 Å². The first kappa shape index (κ1) is 15.5. The number of aliphatic hydroxyl groups is 1. The fourth-order valence-electron chi connectivity index (χ4n) is 2.04. The van der Waals surface area contributed by atoms with Crippen molar-refractivity contribution in [2.24, 2.45) is 0 Å². The fraction of sp³-hybridized carbons (Fsp3) is 0.200. The number of halogens is 1. The quantitative estimate of drug-likeness (QED) is 0.912. The van der Waals surface area contributed by atoms with Crippen LogP contribution in [-0.2, 0) is 16.6 Å². The van der Waals surface area contributed by atoms with Crippen molar-refractivity contribution in [3.8, 4) is 0 Å². The minimum Gasteiger partial charge on any atom is -0.392 e. The minimum atomic E-state index is -3.96. The van der Waals surface area contributed by atoms with Gasteiger partial charge in [-0.15, -0.1) is 0 Å². The zero-order valence-electron chi connectivity index (χ0n) is 11.7. The van der Waals surface area contributed by atoms with Gasteiger partial charge in [-0.05, 0) is 43.2 Å². The van der Waals surface area contributed by atoms with Crippen LogP contribution in [0.5, 0.6) is 0 Å². The molecular formula is C15H16FNO3S. The molecule has 2 aromatic rings. The standard InChI is InChI=1S/C15H16FNO3S/c1-10-3-6-14(11(2)7-10)17-21(19,20)15-8-13(16)5-4-12(15)9-18/h3-8,17-18H,9H2,1-2H3. The Bertz CT molecular complexity index is 772. The predicted molar refractivity (Wildman–Crippen MR) is 79.0 cm³/mol. The van der Waals surface area contributed by atoms with Crippen LogP contribution in [-0.4, -0.2) is 13.5 Å². The van der Waals surface area contributed by atoms with Crippen LogP contribution in [0.1, 0.15) is 16.7 Å². The van der Waals surface area contributed by atoms with Crippen molar-refractivity contribution in [2.75, 3.05) is 4.72 Å². The second-order valence-electron chi connectivity index (χ2n) is 4.83. The molecule has 2 aromatic carbocycles. The summed E-state index contributed by atoms with van der Waals surface area (Å²) in [6.07, 6.45) is 0. The highest BCUT2D eigenvalue weighted by Crippen LogP contribution is 2.23. The van der Waals surface area contributed by atoms with Crippen LogP contribution in [0.4, 0.5) is 10.1 Å². The van der Waals surface area contributed by atoms with Gasteiger partial charge >= 0.3 is 0 Å². The van der Waals surface area contributed by atoms with Gasteiger partial charge in [0, 0.05) is 0 Å². The second kappa shape index (κ2) is 5.83. The zero-order valence-corrected chi connectivity index (χ0v) is 12.5. The number of hydrogen-bond acceptors (Lipinski definition) is 3. The van der Waals surface area contributed by atoms with Gasteiger partial charge in [0.15, 0.2) is 0 Å².